The summed E-state index contributed by atoms with van der Waals surface area (Å²) < 4.78 is 82.7. The molecule has 6 nitrogen and oxygen atoms in total. The summed E-state index contributed by atoms with van der Waals surface area (Å²) in [6.07, 6.45) is 0.567. The molecule has 0 spiro atoms. The number of hydrogen-bond donors (Lipinski definition) is 0. The van der Waals surface area contributed by atoms with E-state index in [1.807, 2.05) is 0 Å². The molecule has 0 saturated carbocycles. The van der Waals surface area contributed by atoms with E-state index < -0.39 is 47.7 Å². The van der Waals surface area contributed by atoms with E-state index in [2.05, 4.69) is 5.04 Å². The van der Waals surface area contributed by atoms with Gasteiger partial charge in [-0.15, -0.1) is 0 Å². The molecule has 0 N–H and O–H groups in total. The first kappa shape index (κ1) is 14.4. The minimum absolute atomic E-state index is 0.567. The molecule has 0 aliphatic heterocycles. The van der Waals surface area contributed by atoms with Crippen molar-refractivity contribution in [3.05, 3.63) is 0 Å². The predicted octanol–water partition coefficient (Wildman–Crippen LogP) is -0.637. The molecule has 0 aromatic heterocycles. The Morgan fingerprint density at radius 2 is 1.50 bits per heavy atom. The first-order valence-corrected chi connectivity index (χ1v) is 8.14. The molecule has 0 heterocycles. The van der Waals surface area contributed by atoms with Gasteiger partial charge >= 0.3 is 89.0 Å². The van der Waals surface area contributed by atoms with Gasteiger partial charge in [0.05, 0.1) is 0 Å². The molecule has 0 saturated heterocycles. The summed E-state index contributed by atoms with van der Waals surface area (Å²) in [5.41, 5.74) is -5.56. The number of rotatable bonds is 4. The first-order chi connectivity index (χ1) is 5.96. The van der Waals surface area contributed by atoms with Crippen molar-refractivity contribution in [2.24, 2.45) is 0 Å². The standard InChI is InChI=1S/CHF3O3S.CH4O3S.Sn/c2-1(3,4)8(5,6)7;1-5(2,3)4;/h(H,5,6,7);1H3,(H,2,3,4);/q;;+2/p-2. The van der Waals surface area contributed by atoms with E-state index in [0.717, 1.165) is 0 Å². The van der Waals surface area contributed by atoms with Crippen LogP contribution in [0.1, 0.15) is 0 Å². The monoisotopic (exact) mass is 364 g/mol. The molecule has 0 fully saturated rings. The average Bonchev–Trinajstić information content (AvgIpc) is 1.80. The van der Waals surface area contributed by atoms with Crippen molar-refractivity contribution in [3.8, 4) is 0 Å². The van der Waals surface area contributed by atoms with Crippen LogP contribution in [-0.2, 0) is 25.3 Å². The van der Waals surface area contributed by atoms with Gasteiger partial charge in [-0.05, 0) is 0 Å². The Bertz CT molecular complexity index is 380. The summed E-state index contributed by atoms with van der Waals surface area (Å²) in [5.74, 6) is 0. The van der Waals surface area contributed by atoms with Gasteiger partial charge in [0.25, 0.3) is 0 Å². The summed E-state index contributed by atoms with van der Waals surface area (Å²) >= 11 is -3.05. The van der Waals surface area contributed by atoms with Crippen LogP contribution in [0.25, 0.3) is 0 Å². The van der Waals surface area contributed by atoms with Crippen molar-refractivity contribution in [3.63, 3.8) is 0 Å². The zero-order valence-corrected chi connectivity index (χ0v) is 10.9. The van der Waals surface area contributed by atoms with Gasteiger partial charge in [0.15, 0.2) is 0 Å². The van der Waals surface area contributed by atoms with Crippen molar-refractivity contribution in [1.82, 2.24) is 0 Å². The Morgan fingerprint density at radius 1 is 1.07 bits per heavy atom. The van der Waals surface area contributed by atoms with Gasteiger partial charge in [-0.25, -0.2) is 0 Å². The number of alkyl halides is 3. The second-order valence-electron chi connectivity index (χ2n) is 1.85. The Hall–Kier alpha value is 0.409. The van der Waals surface area contributed by atoms with Gasteiger partial charge in [-0.2, -0.15) is 0 Å². The summed E-state index contributed by atoms with van der Waals surface area (Å²) in [7, 11) is -9.71. The molecular weight excluding hydrogens is 360 g/mol. The van der Waals surface area contributed by atoms with E-state index in [-0.39, 0.29) is 0 Å². The summed E-state index contributed by atoms with van der Waals surface area (Å²) in [5, 5.41) is 0. The molecule has 0 bridgehead atoms. The molecule has 0 unspecified atom stereocenters. The second kappa shape index (κ2) is 4.50. The molecule has 2 radical (unpaired) electrons. The molecule has 0 aliphatic carbocycles. The maximum absolute atomic E-state index is 11.6. The molecular formula is C2H3F3O6S2Sn. The third-order valence-electron chi connectivity index (χ3n) is 0.613. The zero-order chi connectivity index (χ0) is 11.6. The molecule has 0 aliphatic rings. The van der Waals surface area contributed by atoms with Gasteiger partial charge in [0.1, 0.15) is 0 Å². The second-order valence-corrected chi connectivity index (χ2v) is 8.30. The molecule has 84 valence electrons. The van der Waals surface area contributed by atoms with Crippen LogP contribution in [-0.4, -0.2) is 50.6 Å². The minimum atomic E-state index is -5.73. The third-order valence-corrected chi connectivity index (χ3v) is 7.47. The van der Waals surface area contributed by atoms with Crippen LogP contribution in [0.2, 0.25) is 0 Å². The van der Waals surface area contributed by atoms with Gasteiger partial charge < -0.3 is 0 Å². The van der Waals surface area contributed by atoms with Crippen LogP contribution < -0.4 is 0 Å². The fourth-order valence-electron chi connectivity index (χ4n) is 0.168. The van der Waals surface area contributed by atoms with E-state index in [9.17, 15) is 30.0 Å². The van der Waals surface area contributed by atoms with Gasteiger partial charge in [0, 0.05) is 0 Å². The van der Waals surface area contributed by atoms with E-state index >= 15 is 0 Å². The Morgan fingerprint density at radius 3 is 1.79 bits per heavy atom. The van der Waals surface area contributed by atoms with Crippen LogP contribution in [0.3, 0.4) is 0 Å². The SMILES string of the molecule is CS(=O)(=O)[O][Sn][O]S(=O)(=O)C(F)(F)F. The van der Waals surface area contributed by atoms with Crippen molar-refractivity contribution in [1.29, 1.82) is 0 Å². The molecule has 0 amide bonds. The Kier molecular flexibility index (Phi) is 4.64. The van der Waals surface area contributed by atoms with Crippen molar-refractivity contribution < 1.29 is 35.0 Å². The molecule has 12 heteroatoms. The maximum atomic E-state index is 11.6. The number of hydrogen-bond acceptors (Lipinski definition) is 6. The summed E-state index contributed by atoms with van der Waals surface area (Å²) in [4.78, 5) is 0. The zero-order valence-electron chi connectivity index (χ0n) is 6.40. The summed E-state index contributed by atoms with van der Waals surface area (Å²) in [6.45, 7) is 0. The topological polar surface area (TPSA) is 86.7 Å². The van der Waals surface area contributed by atoms with Crippen molar-refractivity contribution in [2.75, 3.05) is 6.26 Å². The van der Waals surface area contributed by atoms with E-state index in [4.69, 9.17) is 0 Å². The Labute approximate surface area is 88.9 Å². The third kappa shape index (κ3) is 5.33. The van der Waals surface area contributed by atoms with Gasteiger partial charge in [0.2, 0.25) is 0 Å². The molecule has 0 aromatic rings. The van der Waals surface area contributed by atoms with Crippen LogP contribution in [0.4, 0.5) is 13.2 Å². The normalized spacial score (nSPS) is 14.3. The van der Waals surface area contributed by atoms with Crippen molar-refractivity contribution in [2.45, 2.75) is 5.51 Å². The molecule has 0 atom stereocenters. The van der Waals surface area contributed by atoms with Crippen LogP contribution >= 0.6 is 0 Å². The Balaban J connectivity index is 4.31. The molecule has 14 heavy (non-hydrogen) atoms. The van der Waals surface area contributed by atoms with E-state index in [1.54, 1.807) is 0 Å². The fraction of sp³-hybridized carbons (Fsp3) is 1.00. The first-order valence-electron chi connectivity index (χ1n) is 2.59. The van der Waals surface area contributed by atoms with E-state index in [1.165, 1.54) is 0 Å². The van der Waals surface area contributed by atoms with Gasteiger partial charge in [-0.1, -0.05) is 0 Å². The van der Waals surface area contributed by atoms with Crippen LogP contribution in [0.15, 0.2) is 0 Å². The molecule has 0 aromatic carbocycles. The number of halogens is 3. The van der Waals surface area contributed by atoms with E-state index in [0.29, 0.717) is 6.26 Å². The van der Waals surface area contributed by atoms with Crippen LogP contribution in [0, 0.1) is 0 Å². The predicted molar refractivity (Wildman–Crippen MR) is 37.7 cm³/mol. The quantitative estimate of drug-likeness (QED) is 0.488. The molecule has 0 rings (SSSR count). The average molecular weight is 363 g/mol. The van der Waals surface area contributed by atoms with Gasteiger partial charge in [-0.3, -0.25) is 0 Å². The van der Waals surface area contributed by atoms with Crippen molar-refractivity contribution >= 4 is 42.2 Å². The van der Waals surface area contributed by atoms with Crippen LogP contribution in [0.5, 0.6) is 0 Å². The fourth-order valence-corrected chi connectivity index (χ4v) is 3.93. The summed E-state index contributed by atoms with van der Waals surface area (Å²) in [6, 6.07) is 0.